The number of carbonyl (C=O) groups is 2. The van der Waals surface area contributed by atoms with Gasteiger partial charge in [0.1, 0.15) is 5.75 Å². The number of alkyl halides is 6. The Morgan fingerprint density at radius 1 is 1.08 bits per heavy atom. The molecule has 268 valence electrons. The first-order valence-electron chi connectivity index (χ1n) is 16.0. The van der Waals surface area contributed by atoms with Gasteiger partial charge in [0, 0.05) is 44.3 Å². The molecule has 1 aliphatic rings. The van der Waals surface area contributed by atoms with E-state index in [2.05, 4.69) is 5.32 Å². The Labute approximate surface area is 277 Å². The van der Waals surface area contributed by atoms with Gasteiger partial charge >= 0.3 is 12.4 Å². The summed E-state index contributed by atoms with van der Waals surface area (Å²) in [5.41, 5.74) is 0.174. The molecule has 0 bridgehead atoms. The first-order valence-corrected chi connectivity index (χ1v) is 16.0. The van der Waals surface area contributed by atoms with Crippen LogP contribution < -0.4 is 10.1 Å². The number of hydrogen-bond donors (Lipinski definition) is 2. The summed E-state index contributed by atoms with van der Waals surface area (Å²) in [6.07, 6.45) is -9.55. The van der Waals surface area contributed by atoms with Crippen LogP contribution in [0.5, 0.6) is 5.75 Å². The minimum absolute atomic E-state index is 0.0805. The van der Waals surface area contributed by atoms with E-state index in [1.165, 1.54) is 35.2 Å². The van der Waals surface area contributed by atoms with Gasteiger partial charge in [0.2, 0.25) is 5.91 Å². The van der Waals surface area contributed by atoms with Crippen molar-refractivity contribution in [2.24, 2.45) is 5.92 Å². The highest BCUT2D eigenvalue weighted by Gasteiger charge is 2.32. The highest BCUT2D eigenvalue weighted by Crippen LogP contribution is 2.31. The van der Waals surface area contributed by atoms with E-state index in [4.69, 9.17) is 9.47 Å². The molecule has 8 nitrogen and oxygen atoms in total. The van der Waals surface area contributed by atoms with E-state index < -0.39 is 48.6 Å². The zero-order chi connectivity index (χ0) is 35.6. The molecule has 0 unspecified atom stereocenters. The summed E-state index contributed by atoms with van der Waals surface area (Å²) in [6.45, 7) is 6.42. The van der Waals surface area contributed by atoms with Crippen LogP contribution in [0.15, 0.2) is 42.5 Å². The van der Waals surface area contributed by atoms with Crippen LogP contribution in [-0.2, 0) is 22.3 Å². The molecule has 3 rings (SSSR count). The molecule has 2 amide bonds. The van der Waals surface area contributed by atoms with Crippen LogP contribution in [0.25, 0.3) is 0 Å². The maximum Gasteiger partial charge on any atom is 0.416 e. The van der Waals surface area contributed by atoms with Crippen LogP contribution in [0.4, 0.5) is 32.0 Å². The number of hydrogen-bond acceptors (Lipinski definition) is 6. The number of aliphatic hydroxyl groups excluding tert-OH is 1. The van der Waals surface area contributed by atoms with Crippen molar-refractivity contribution < 1.29 is 50.5 Å². The lowest BCUT2D eigenvalue weighted by molar-refractivity contribution is -0.142. The number of nitrogens with zero attached hydrogens (tertiary/aromatic N) is 2. The van der Waals surface area contributed by atoms with Crippen LogP contribution in [-0.4, -0.2) is 84.5 Å². The number of nitrogens with one attached hydrogen (secondary N) is 1. The number of rotatable bonds is 9. The number of fused-ring (bicyclic) bond motifs is 1. The van der Waals surface area contributed by atoms with E-state index in [0.717, 1.165) is 25.0 Å². The summed E-state index contributed by atoms with van der Waals surface area (Å²) < 4.78 is 89.5. The number of amides is 2. The molecule has 1 heterocycles. The highest BCUT2D eigenvalue weighted by molar-refractivity contribution is 5.99. The molecule has 0 aromatic heterocycles. The quantitative estimate of drug-likeness (QED) is 0.278. The molecule has 0 radical (unpaired) electrons. The van der Waals surface area contributed by atoms with E-state index in [1.54, 1.807) is 6.92 Å². The van der Waals surface area contributed by atoms with Gasteiger partial charge in [-0.1, -0.05) is 19.1 Å². The zero-order valence-corrected chi connectivity index (χ0v) is 27.7. The molecule has 0 spiro atoms. The number of aliphatic hydroxyl groups is 1. The molecule has 48 heavy (non-hydrogen) atoms. The predicted octanol–water partition coefficient (Wildman–Crippen LogP) is 6.91. The molecule has 2 aromatic carbocycles. The molecule has 0 aliphatic carbocycles. The van der Waals surface area contributed by atoms with Crippen molar-refractivity contribution in [1.82, 2.24) is 9.80 Å². The van der Waals surface area contributed by atoms with E-state index in [9.17, 15) is 41.0 Å². The fourth-order valence-corrected chi connectivity index (χ4v) is 5.42. The average Bonchev–Trinajstić information content (AvgIpc) is 3.01. The Morgan fingerprint density at radius 3 is 2.40 bits per heavy atom. The summed E-state index contributed by atoms with van der Waals surface area (Å²) in [4.78, 5) is 29.8. The molecular weight excluding hydrogens is 644 g/mol. The molecule has 2 aromatic rings. The number of ether oxygens (including phenoxy) is 2. The van der Waals surface area contributed by atoms with Crippen molar-refractivity contribution in [2.45, 2.75) is 90.0 Å². The summed E-state index contributed by atoms with van der Waals surface area (Å²) in [6, 6.07) is 8.66. The standard InChI is InChI=1S/C34H45F6N3O5/c1-22-18-43(23(2)21-44)32(46)28-17-27(41-31(45)14-15-33(35,36)37)12-13-29(28)48-24(3)7-5-6-16-47-30(22)20-42(4)19-25-8-10-26(11-9-25)34(38,39)40/h8-13,17,22-24,30,44H,5-7,14-16,18-21H2,1-4H3,(H,41,45)/t22-,23+,24+,30+/m1/s1. The van der Waals surface area contributed by atoms with Crippen molar-refractivity contribution in [3.63, 3.8) is 0 Å². The Bertz CT molecular complexity index is 1340. The average molecular weight is 690 g/mol. The van der Waals surface area contributed by atoms with Crippen molar-refractivity contribution in [1.29, 1.82) is 0 Å². The normalized spacial score (nSPS) is 20.9. The molecular formula is C34H45F6N3O5. The third-order valence-electron chi connectivity index (χ3n) is 8.20. The second-order valence-electron chi connectivity index (χ2n) is 12.6. The third-order valence-corrected chi connectivity index (χ3v) is 8.20. The smallest absolute Gasteiger partial charge is 0.416 e. The van der Waals surface area contributed by atoms with Gasteiger partial charge in [-0.25, -0.2) is 0 Å². The maximum absolute atomic E-state index is 14.2. The van der Waals surface area contributed by atoms with Gasteiger partial charge in [-0.05, 0) is 76.1 Å². The summed E-state index contributed by atoms with van der Waals surface area (Å²) in [5.74, 6) is -1.39. The van der Waals surface area contributed by atoms with Crippen molar-refractivity contribution in [2.75, 3.05) is 38.7 Å². The minimum atomic E-state index is -4.49. The summed E-state index contributed by atoms with van der Waals surface area (Å²) in [7, 11) is 1.83. The van der Waals surface area contributed by atoms with E-state index in [1.807, 2.05) is 25.8 Å². The molecule has 4 atom stereocenters. The van der Waals surface area contributed by atoms with Crippen molar-refractivity contribution >= 4 is 17.5 Å². The van der Waals surface area contributed by atoms with Crippen LogP contribution in [0, 0.1) is 5.92 Å². The monoisotopic (exact) mass is 689 g/mol. The lowest BCUT2D eigenvalue weighted by Gasteiger charge is -2.36. The summed E-state index contributed by atoms with van der Waals surface area (Å²) >= 11 is 0. The Balaban J connectivity index is 1.86. The van der Waals surface area contributed by atoms with Gasteiger partial charge in [-0.2, -0.15) is 26.3 Å². The Hall–Kier alpha value is -3.36. The van der Waals surface area contributed by atoms with Crippen LogP contribution in [0.2, 0.25) is 0 Å². The largest absolute Gasteiger partial charge is 0.490 e. The highest BCUT2D eigenvalue weighted by atomic mass is 19.4. The van der Waals surface area contributed by atoms with Crippen LogP contribution in [0.3, 0.4) is 0 Å². The van der Waals surface area contributed by atoms with Crippen LogP contribution in [0.1, 0.15) is 74.4 Å². The molecule has 1 aliphatic heterocycles. The second kappa shape index (κ2) is 17.3. The maximum atomic E-state index is 14.2. The number of carbonyl (C=O) groups excluding carboxylic acids is 2. The molecule has 0 saturated heterocycles. The summed E-state index contributed by atoms with van der Waals surface area (Å²) in [5, 5.41) is 12.5. The molecule has 0 fully saturated rings. The van der Waals surface area contributed by atoms with Gasteiger partial charge in [-0.15, -0.1) is 0 Å². The number of likely N-dealkylation sites (N-methyl/N-ethyl adjacent to an activating group) is 1. The van der Waals surface area contributed by atoms with Crippen molar-refractivity contribution in [3.05, 3.63) is 59.2 Å². The first kappa shape index (κ1) is 39.1. The zero-order valence-electron chi connectivity index (χ0n) is 27.7. The Morgan fingerprint density at radius 2 is 1.77 bits per heavy atom. The van der Waals surface area contributed by atoms with Gasteiger partial charge < -0.3 is 24.8 Å². The minimum Gasteiger partial charge on any atom is -0.490 e. The number of benzene rings is 2. The fraction of sp³-hybridized carbons (Fsp3) is 0.588. The lowest BCUT2D eigenvalue weighted by atomic mass is 10.0. The Kier molecular flexibility index (Phi) is 14.1. The van der Waals surface area contributed by atoms with Crippen LogP contribution >= 0.6 is 0 Å². The number of halogens is 6. The van der Waals surface area contributed by atoms with Gasteiger partial charge in [0.05, 0.1) is 42.4 Å². The predicted molar refractivity (Wildman–Crippen MR) is 169 cm³/mol. The lowest BCUT2D eigenvalue weighted by Crippen LogP contribution is -2.47. The SMILES string of the molecule is C[C@@H]1CN([C@@H](C)CO)C(=O)c2cc(NC(=O)CCC(F)(F)F)ccc2O[C@@H](C)CCCCO[C@H]1CN(C)Cc1ccc(C(F)(F)F)cc1. The second-order valence-corrected chi connectivity index (χ2v) is 12.6. The van der Waals surface area contributed by atoms with Crippen molar-refractivity contribution in [3.8, 4) is 5.75 Å². The van der Waals surface area contributed by atoms with E-state index in [-0.39, 0.29) is 48.3 Å². The topological polar surface area (TPSA) is 91.3 Å². The van der Waals surface area contributed by atoms with Gasteiger partial charge in [0.15, 0.2) is 0 Å². The molecule has 14 heteroatoms. The molecule has 0 saturated carbocycles. The first-order chi connectivity index (χ1) is 22.5. The number of anilines is 1. The third kappa shape index (κ3) is 12.3. The molecule has 2 N–H and O–H groups in total. The van der Waals surface area contributed by atoms with E-state index in [0.29, 0.717) is 31.7 Å². The van der Waals surface area contributed by atoms with Gasteiger partial charge in [-0.3, -0.25) is 14.5 Å². The fourth-order valence-electron chi connectivity index (χ4n) is 5.42. The van der Waals surface area contributed by atoms with Gasteiger partial charge in [0.25, 0.3) is 5.91 Å². The van der Waals surface area contributed by atoms with E-state index >= 15 is 0 Å².